The van der Waals surface area contributed by atoms with Crippen molar-refractivity contribution in [1.82, 2.24) is 14.4 Å². The first-order valence-corrected chi connectivity index (χ1v) is 11.0. The van der Waals surface area contributed by atoms with Crippen LogP contribution in [0.5, 0.6) is 5.75 Å². The maximum absolute atomic E-state index is 13.9. The Morgan fingerprint density at radius 3 is 2.73 bits per heavy atom. The number of aryl methyl sites for hydroxylation is 1. The van der Waals surface area contributed by atoms with Crippen molar-refractivity contribution in [1.29, 1.82) is 0 Å². The topological polar surface area (TPSA) is 96.6 Å². The number of rotatable bonds is 5. The molecule has 2 N–H and O–H groups in total. The molecule has 0 amide bonds. The third kappa shape index (κ3) is 3.71. The molecule has 0 spiro atoms. The van der Waals surface area contributed by atoms with Gasteiger partial charge in [-0.2, -0.15) is 0 Å². The zero-order chi connectivity index (χ0) is 21.5. The highest BCUT2D eigenvalue weighted by atomic mass is 32.2. The molecule has 0 radical (unpaired) electrons. The predicted molar refractivity (Wildman–Crippen MR) is 112 cm³/mol. The summed E-state index contributed by atoms with van der Waals surface area (Å²) in [6.07, 6.45) is 4.50. The van der Waals surface area contributed by atoms with Crippen LogP contribution in [0.3, 0.4) is 0 Å². The summed E-state index contributed by atoms with van der Waals surface area (Å²) in [6, 6.07) is 10.9. The fraction of sp³-hybridized carbons (Fsp3) is 0.143. The smallest absolute Gasteiger partial charge is 0.180 e. The second-order valence-corrected chi connectivity index (χ2v) is 8.97. The minimum atomic E-state index is -3.29. The molecular weight excluding hydrogens is 407 g/mol. The quantitative estimate of drug-likeness (QED) is 0.507. The monoisotopic (exact) mass is 426 g/mol. The minimum absolute atomic E-state index is 0.251. The molecule has 2 heterocycles. The standard InChI is InChI=1S/C21H19FN4O3S/c1-13-19(15-6-7-18(27)17(22)11-15)26-9-8-23-20(21(26)25-13)24-12-14-4-3-5-16(10-14)30(2,28)29/h3-11,27H,12H2,1-2H3,(H,23,24). The van der Waals surface area contributed by atoms with Crippen LogP contribution in [-0.2, 0) is 16.4 Å². The lowest BCUT2D eigenvalue weighted by Crippen LogP contribution is -2.05. The highest BCUT2D eigenvalue weighted by Crippen LogP contribution is 2.30. The van der Waals surface area contributed by atoms with Gasteiger partial charge in [-0.15, -0.1) is 0 Å². The first kappa shape index (κ1) is 19.8. The molecule has 0 bridgehead atoms. The number of fused-ring (bicyclic) bond motifs is 1. The number of imidazole rings is 1. The first-order chi connectivity index (χ1) is 14.2. The van der Waals surface area contributed by atoms with Crippen molar-refractivity contribution >= 4 is 21.3 Å². The highest BCUT2D eigenvalue weighted by molar-refractivity contribution is 7.90. The Kier molecular flexibility index (Phi) is 4.90. The lowest BCUT2D eigenvalue weighted by Gasteiger charge is -2.09. The summed E-state index contributed by atoms with van der Waals surface area (Å²) in [7, 11) is -3.29. The number of aromatic hydroxyl groups is 1. The lowest BCUT2D eigenvalue weighted by atomic mass is 10.1. The molecule has 2 aromatic carbocycles. The van der Waals surface area contributed by atoms with Gasteiger partial charge in [0.15, 0.2) is 32.9 Å². The number of phenolic OH excluding ortho intramolecular Hbond substituents is 1. The molecule has 2 aromatic heterocycles. The molecule has 154 valence electrons. The summed E-state index contributed by atoms with van der Waals surface area (Å²) < 4.78 is 39.2. The molecule has 0 saturated heterocycles. The number of benzene rings is 2. The summed E-state index contributed by atoms with van der Waals surface area (Å²) in [5.74, 6) is -0.610. The van der Waals surface area contributed by atoms with Gasteiger partial charge in [0.25, 0.3) is 0 Å². The number of aromatic nitrogens is 3. The Balaban J connectivity index is 1.69. The van der Waals surface area contributed by atoms with Crippen molar-refractivity contribution in [3.8, 4) is 17.0 Å². The number of phenols is 1. The number of anilines is 1. The van der Waals surface area contributed by atoms with E-state index in [1.165, 1.54) is 18.4 Å². The number of hydrogen-bond donors (Lipinski definition) is 2. The normalized spacial score (nSPS) is 11.7. The predicted octanol–water partition coefficient (Wildman–Crippen LogP) is 3.57. The fourth-order valence-corrected chi connectivity index (χ4v) is 3.98. The molecule has 0 aliphatic heterocycles. The minimum Gasteiger partial charge on any atom is -0.505 e. The maximum atomic E-state index is 13.9. The van der Waals surface area contributed by atoms with Crippen LogP contribution in [0.2, 0.25) is 0 Å². The summed E-state index contributed by atoms with van der Waals surface area (Å²) >= 11 is 0. The van der Waals surface area contributed by atoms with Crippen molar-refractivity contribution in [2.45, 2.75) is 18.4 Å². The molecule has 7 nitrogen and oxygen atoms in total. The van der Waals surface area contributed by atoms with Crippen LogP contribution in [-0.4, -0.2) is 34.1 Å². The summed E-state index contributed by atoms with van der Waals surface area (Å²) in [5, 5.41) is 12.7. The van der Waals surface area contributed by atoms with Gasteiger partial charge in [0.1, 0.15) is 0 Å². The third-order valence-corrected chi connectivity index (χ3v) is 5.83. The Hall–Kier alpha value is -3.46. The molecule has 0 unspecified atom stereocenters. The van der Waals surface area contributed by atoms with E-state index < -0.39 is 21.4 Å². The largest absolute Gasteiger partial charge is 0.505 e. The van der Waals surface area contributed by atoms with Gasteiger partial charge in [-0.1, -0.05) is 12.1 Å². The zero-order valence-corrected chi connectivity index (χ0v) is 17.1. The van der Waals surface area contributed by atoms with Crippen molar-refractivity contribution in [3.05, 3.63) is 71.9 Å². The molecule has 0 saturated carbocycles. The molecule has 0 aliphatic carbocycles. The van der Waals surface area contributed by atoms with Crippen LogP contribution in [0.1, 0.15) is 11.3 Å². The molecule has 4 rings (SSSR count). The number of sulfone groups is 1. The summed E-state index contributed by atoms with van der Waals surface area (Å²) in [4.78, 5) is 9.17. The van der Waals surface area contributed by atoms with E-state index in [1.54, 1.807) is 41.1 Å². The molecule has 4 aromatic rings. The second kappa shape index (κ2) is 7.42. The van der Waals surface area contributed by atoms with E-state index in [1.807, 2.05) is 13.0 Å². The van der Waals surface area contributed by atoms with Crippen LogP contribution in [0.25, 0.3) is 16.9 Å². The van der Waals surface area contributed by atoms with Gasteiger partial charge < -0.3 is 10.4 Å². The van der Waals surface area contributed by atoms with Crippen molar-refractivity contribution in [2.75, 3.05) is 11.6 Å². The van der Waals surface area contributed by atoms with E-state index in [2.05, 4.69) is 15.3 Å². The summed E-state index contributed by atoms with van der Waals surface area (Å²) in [5.41, 5.74) is 3.28. The molecule has 0 aliphatic rings. The number of nitrogens with one attached hydrogen (secondary N) is 1. The van der Waals surface area contributed by atoms with E-state index in [0.29, 0.717) is 35.0 Å². The lowest BCUT2D eigenvalue weighted by molar-refractivity contribution is 0.432. The van der Waals surface area contributed by atoms with Crippen LogP contribution >= 0.6 is 0 Å². The SMILES string of the molecule is Cc1nc2c(NCc3cccc(S(C)(=O)=O)c3)nccn2c1-c1ccc(O)c(F)c1. The van der Waals surface area contributed by atoms with Crippen molar-refractivity contribution in [3.63, 3.8) is 0 Å². The van der Waals surface area contributed by atoms with Crippen LogP contribution in [0.15, 0.2) is 59.8 Å². The van der Waals surface area contributed by atoms with E-state index in [9.17, 15) is 17.9 Å². The average molecular weight is 426 g/mol. The Labute approximate surface area is 172 Å². The number of halogens is 1. The van der Waals surface area contributed by atoms with Crippen LogP contribution in [0.4, 0.5) is 10.2 Å². The Bertz CT molecular complexity index is 1370. The van der Waals surface area contributed by atoms with E-state index in [-0.39, 0.29) is 4.90 Å². The zero-order valence-electron chi connectivity index (χ0n) is 16.3. The third-order valence-electron chi connectivity index (χ3n) is 4.72. The number of nitrogens with zero attached hydrogens (tertiary/aromatic N) is 3. The van der Waals surface area contributed by atoms with Gasteiger partial charge in [0, 0.05) is 30.8 Å². The molecule has 0 atom stereocenters. The van der Waals surface area contributed by atoms with Crippen LogP contribution < -0.4 is 5.32 Å². The average Bonchev–Trinajstić information content (AvgIpc) is 3.04. The second-order valence-electron chi connectivity index (χ2n) is 6.95. The van der Waals surface area contributed by atoms with E-state index in [0.717, 1.165) is 5.56 Å². The first-order valence-electron chi connectivity index (χ1n) is 9.09. The Morgan fingerprint density at radius 1 is 1.20 bits per heavy atom. The fourth-order valence-electron chi connectivity index (χ4n) is 3.29. The van der Waals surface area contributed by atoms with Gasteiger partial charge in [0.2, 0.25) is 0 Å². The molecule has 30 heavy (non-hydrogen) atoms. The molecule has 0 fully saturated rings. The van der Waals surface area contributed by atoms with Crippen molar-refractivity contribution in [2.24, 2.45) is 0 Å². The van der Waals surface area contributed by atoms with Gasteiger partial charge >= 0.3 is 0 Å². The van der Waals surface area contributed by atoms with E-state index >= 15 is 0 Å². The van der Waals surface area contributed by atoms with Gasteiger partial charge in [-0.25, -0.2) is 22.8 Å². The maximum Gasteiger partial charge on any atom is 0.180 e. The van der Waals surface area contributed by atoms with Gasteiger partial charge in [-0.3, -0.25) is 4.40 Å². The molecular formula is C21H19FN4O3S. The van der Waals surface area contributed by atoms with Gasteiger partial charge in [0.05, 0.1) is 16.3 Å². The van der Waals surface area contributed by atoms with Crippen LogP contribution in [0, 0.1) is 12.7 Å². The molecule has 9 heteroatoms. The van der Waals surface area contributed by atoms with E-state index in [4.69, 9.17) is 0 Å². The van der Waals surface area contributed by atoms with Gasteiger partial charge in [-0.05, 0) is 42.8 Å². The van der Waals surface area contributed by atoms with Crippen molar-refractivity contribution < 1.29 is 17.9 Å². The highest BCUT2D eigenvalue weighted by Gasteiger charge is 2.16. The Morgan fingerprint density at radius 2 is 2.00 bits per heavy atom. The summed E-state index contributed by atoms with van der Waals surface area (Å²) in [6.45, 7) is 2.16. The number of hydrogen-bond acceptors (Lipinski definition) is 6.